The van der Waals surface area contributed by atoms with Gasteiger partial charge >= 0.3 is 0 Å². The fraction of sp³-hybridized carbons (Fsp3) is 0.278. The molecule has 3 N–H and O–H groups in total. The molecule has 0 spiro atoms. The lowest BCUT2D eigenvalue weighted by Gasteiger charge is -2.13. The first-order valence-corrected chi connectivity index (χ1v) is 7.39. The summed E-state index contributed by atoms with van der Waals surface area (Å²) in [6.07, 6.45) is 2.26. The number of amides is 1. The third kappa shape index (κ3) is 3.14. The topological polar surface area (TPSA) is 55.1 Å². The van der Waals surface area contributed by atoms with Crippen LogP contribution in [-0.2, 0) is 30.6 Å². The van der Waals surface area contributed by atoms with E-state index in [4.69, 9.17) is 5.73 Å². The molecule has 0 saturated carbocycles. The summed E-state index contributed by atoms with van der Waals surface area (Å²) in [6, 6.07) is 16.5. The fourth-order valence-corrected chi connectivity index (χ4v) is 3.04. The monoisotopic (exact) mass is 280 g/mol. The molecule has 0 unspecified atom stereocenters. The Kier molecular flexibility index (Phi) is 4.02. The van der Waals surface area contributed by atoms with Crippen molar-refractivity contribution in [3.63, 3.8) is 0 Å². The minimum Gasteiger partial charge on any atom is -0.352 e. The molecular formula is C18H20N2O. The molecule has 0 saturated heterocycles. The van der Waals surface area contributed by atoms with E-state index in [1.54, 1.807) is 0 Å². The number of rotatable bonds is 4. The standard InChI is InChI=1S/C18H20N2O/c19-12-16-8-4-3-7-15(16)11-18(21)20-17-9-13-5-1-2-6-14(13)10-17/h1-8,17H,9-12,19H2,(H,20,21). The van der Waals surface area contributed by atoms with Gasteiger partial charge in [0.05, 0.1) is 6.42 Å². The highest BCUT2D eigenvalue weighted by Crippen LogP contribution is 2.21. The van der Waals surface area contributed by atoms with Gasteiger partial charge in [-0.25, -0.2) is 0 Å². The number of hydrogen-bond donors (Lipinski definition) is 2. The molecule has 0 aliphatic heterocycles. The summed E-state index contributed by atoms with van der Waals surface area (Å²) in [5.74, 6) is 0.0775. The number of carbonyl (C=O) groups excluding carboxylic acids is 1. The van der Waals surface area contributed by atoms with Crippen LogP contribution >= 0.6 is 0 Å². The summed E-state index contributed by atoms with van der Waals surface area (Å²) in [5, 5.41) is 3.15. The maximum absolute atomic E-state index is 12.2. The third-order valence-electron chi connectivity index (χ3n) is 4.11. The Bertz CT molecular complexity index is 626. The SMILES string of the molecule is NCc1ccccc1CC(=O)NC1Cc2ccccc2C1. The molecule has 2 aromatic carbocycles. The number of fused-ring (bicyclic) bond motifs is 1. The van der Waals surface area contributed by atoms with Crippen molar-refractivity contribution in [2.75, 3.05) is 0 Å². The van der Waals surface area contributed by atoms with Gasteiger partial charge in [-0.2, -0.15) is 0 Å². The first kappa shape index (κ1) is 13.8. The molecule has 1 aliphatic carbocycles. The molecule has 3 heteroatoms. The Morgan fingerprint density at radius 3 is 2.19 bits per heavy atom. The smallest absolute Gasteiger partial charge is 0.224 e. The molecule has 21 heavy (non-hydrogen) atoms. The molecule has 0 fully saturated rings. The van der Waals surface area contributed by atoms with E-state index >= 15 is 0 Å². The van der Waals surface area contributed by atoms with Crippen molar-refractivity contribution in [1.82, 2.24) is 5.32 Å². The van der Waals surface area contributed by atoms with Crippen molar-refractivity contribution in [1.29, 1.82) is 0 Å². The zero-order valence-corrected chi connectivity index (χ0v) is 12.0. The minimum absolute atomic E-state index is 0.0775. The summed E-state index contributed by atoms with van der Waals surface area (Å²) in [4.78, 5) is 12.2. The third-order valence-corrected chi connectivity index (χ3v) is 4.11. The molecule has 0 atom stereocenters. The van der Waals surface area contributed by atoms with Crippen molar-refractivity contribution in [3.05, 3.63) is 70.8 Å². The molecular weight excluding hydrogens is 260 g/mol. The van der Waals surface area contributed by atoms with Gasteiger partial charge in [0.25, 0.3) is 0 Å². The van der Waals surface area contributed by atoms with Crippen LogP contribution in [0.25, 0.3) is 0 Å². The van der Waals surface area contributed by atoms with Crippen LogP contribution in [0, 0.1) is 0 Å². The number of nitrogens with one attached hydrogen (secondary N) is 1. The summed E-state index contributed by atoms with van der Waals surface area (Å²) >= 11 is 0. The molecule has 0 heterocycles. The zero-order valence-electron chi connectivity index (χ0n) is 12.0. The Hall–Kier alpha value is -2.13. The van der Waals surface area contributed by atoms with Gasteiger partial charge in [0.15, 0.2) is 0 Å². The maximum Gasteiger partial charge on any atom is 0.224 e. The van der Waals surface area contributed by atoms with E-state index < -0.39 is 0 Å². The fourth-order valence-electron chi connectivity index (χ4n) is 3.04. The van der Waals surface area contributed by atoms with Crippen molar-refractivity contribution < 1.29 is 4.79 Å². The summed E-state index contributed by atoms with van der Waals surface area (Å²) in [7, 11) is 0. The Labute approximate surface area is 125 Å². The lowest BCUT2D eigenvalue weighted by molar-refractivity contribution is -0.121. The van der Waals surface area contributed by atoms with E-state index in [2.05, 4.69) is 29.6 Å². The van der Waals surface area contributed by atoms with Gasteiger partial charge in [-0.05, 0) is 35.1 Å². The minimum atomic E-state index is 0.0775. The van der Waals surface area contributed by atoms with Crippen molar-refractivity contribution >= 4 is 5.91 Å². The average Bonchev–Trinajstić information content (AvgIpc) is 2.89. The molecule has 0 radical (unpaired) electrons. The number of benzene rings is 2. The highest BCUT2D eigenvalue weighted by molar-refractivity contribution is 5.79. The van der Waals surface area contributed by atoms with E-state index in [1.807, 2.05) is 24.3 Å². The zero-order chi connectivity index (χ0) is 14.7. The van der Waals surface area contributed by atoms with E-state index in [0.717, 1.165) is 24.0 Å². The van der Waals surface area contributed by atoms with Crippen LogP contribution in [-0.4, -0.2) is 11.9 Å². The quantitative estimate of drug-likeness (QED) is 0.899. The van der Waals surface area contributed by atoms with Gasteiger partial charge in [-0.1, -0.05) is 48.5 Å². The van der Waals surface area contributed by atoms with E-state index in [-0.39, 0.29) is 11.9 Å². The highest BCUT2D eigenvalue weighted by Gasteiger charge is 2.22. The second kappa shape index (κ2) is 6.10. The van der Waals surface area contributed by atoms with E-state index in [9.17, 15) is 4.79 Å². The van der Waals surface area contributed by atoms with Crippen LogP contribution in [0.15, 0.2) is 48.5 Å². The summed E-state index contributed by atoms with van der Waals surface area (Å²) < 4.78 is 0. The first-order valence-electron chi connectivity index (χ1n) is 7.39. The number of nitrogens with two attached hydrogens (primary N) is 1. The highest BCUT2D eigenvalue weighted by atomic mass is 16.1. The van der Waals surface area contributed by atoms with E-state index in [0.29, 0.717) is 13.0 Å². The Morgan fingerprint density at radius 2 is 1.57 bits per heavy atom. The van der Waals surface area contributed by atoms with Crippen LogP contribution in [0.2, 0.25) is 0 Å². The first-order chi connectivity index (χ1) is 10.3. The molecule has 1 amide bonds. The van der Waals surface area contributed by atoms with Gasteiger partial charge in [0, 0.05) is 12.6 Å². The van der Waals surface area contributed by atoms with Gasteiger partial charge in [-0.15, -0.1) is 0 Å². The molecule has 3 rings (SSSR count). The predicted octanol–water partition coefficient (Wildman–Crippen LogP) is 1.97. The molecule has 0 aromatic heterocycles. The average molecular weight is 280 g/mol. The summed E-state index contributed by atoms with van der Waals surface area (Å²) in [5.41, 5.74) is 10.5. The maximum atomic E-state index is 12.2. The second-order valence-corrected chi connectivity index (χ2v) is 5.59. The normalized spacial score (nSPS) is 14.0. The Morgan fingerprint density at radius 1 is 1.00 bits per heavy atom. The lowest BCUT2D eigenvalue weighted by Crippen LogP contribution is -2.36. The number of carbonyl (C=O) groups is 1. The Balaban J connectivity index is 1.61. The largest absolute Gasteiger partial charge is 0.352 e. The van der Waals surface area contributed by atoms with Crippen molar-refractivity contribution in [2.24, 2.45) is 5.73 Å². The molecule has 3 nitrogen and oxygen atoms in total. The van der Waals surface area contributed by atoms with Gasteiger partial charge in [-0.3, -0.25) is 4.79 Å². The predicted molar refractivity (Wildman–Crippen MR) is 83.8 cm³/mol. The molecule has 0 bridgehead atoms. The van der Waals surface area contributed by atoms with Gasteiger partial charge in [0.2, 0.25) is 5.91 Å². The molecule has 2 aromatic rings. The number of hydrogen-bond acceptors (Lipinski definition) is 2. The molecule has 1 aliphatic rings. The summed E-state index contributed by atoms with van der Waals surface area (Å²) in [6.45, 7) is 0.471. The molecule has 108 valence electrons. The van der Waals surface area contributed by atoms with Gasteiger partial charge < -0.3 is 11.1 Å². The van der Waals surface area contributed by atoms with E-state index in [1.165, 1.54) is 11.1 Å². The van der Waals surface area contributed by atoms with Crippen molar-refractivity contribution in [2.45, 2.75) is 31.8 Å². The second-order valence-electron chi connectivity index (χ2n) is 5.59. The van der Waals surface area contributed by atoms with Gasteiger partial charge in [0.1, 0.15) is 0 Å². The lowest BCUT2D eigenvalue weighted by atomic mass is 10.0. The van der Waals surface area contributed by atoms with Crippen LogP contribution < -0.4 is 11.1 Å². The van der Waals surface area contributed by atoms with Crippen LogP contribution in [0.4, 0.5) is 0 Å². The van der Waals surface area contributed by atoms with Crippen LogP contribution in [0.5, 0.6) is 0 Å². The van der Waals surface area contributed by atoms with Crippen molar-refractivity contribution in [3.8, 4) is 0 Å². The van der Waals surface area contributed by atoms with Crippen LogP contribution in [0.3, 0.4) is 0 Å². The van der Waals surface area contributed by atoms with Crippen LogP contribution in [0.1, 0.15) is 22.3 Å².